The minimum absolute atomic E-state index is 0.175. The van der Waals surface area contributed by atoms with E-state index in [1.807, 2.05) is 13.8 Å². The van der Waals surface area contributed by atoms with E-state index in [0.29, 0.717) is 17.8 Å². The zero-order chi connectivity index (χ0) is 12.7. The zero-order valence-corrected chi connectivity index (χ0v) is 11.5. The van der Waals surface area contributed by atoms with E-state index >= 15 is 0 Å². The predicted octanol–water partition coefficient (Wildman–Crippen LogP) is 2.66. The normalized spacial score (nSPS) is 45.7. The molecule has 96 valence electrons. The maximum absolute atomic E-state index is 11.0. The molecule has 1 aliphatic carbocycles. The molecule has 4 nitrogen and oxygen atoms in total. The summed E-state index contributed by atoms with van der Waals surface area (Å²) in [6.07, 6.45) is -0.345. The Morgan fingerprint density at radius 2 is 1.12 bits per heavy atom. The van der Waals surface area contributed by atoms with Gasteiger partial charge in [0.1, 0.15) is 0 Å². The molecule has 0 aromatic carbocycles. The maximum Gasteiger partial charge on any atom is 0.469 e. The van der Waals surface area contributed by atoms with Crippen molar-refractivity contribution in [2.45, 2.75) is 40.7 Å². The van der Waals surface area contributed by atoms with Gasteiger partial charge in [0.15, 0.2) is 0 Å². The van der Waals surface area contributed by atoms with E-state index in [0.717, 1.165) is 0 Å². The highest BCUT2D eigenvalue weighted by Crippen LogP contribution is 2.49. The summed E-state index contributed by atoms with van der Waals surface area (Å²) in [7, 11) is -4.38. The highest BCUT2D eigenvalue weighted by Gasteiger charge is 2.44. The third kappa shape index (κ3) is 2.86. The van der Waals surface area contributed by atoms with Crippen LogP contribution in [-0.2, 0) is 9.09 Å². The minimum atomic E-state index is -4.38. The van der Waals surface area contributed by atoms with Gasteiger partial charge in [-0.3, -0.25) is 4.52 Å². The molecule has 5 heteroatoms. The van der Waals surface area contributed by atoms with Gasteiger partial charge in [-0.15, -0.1) is 0 Å². The highest BCUT2D eigenvalue weighted by atomic mass is 31.2. The molecule has 1 aliphatic rings. The Morgan fingerprint density at radius 1 is 0.812 bits per heavy atom. The average Bonchev–Trinajstić information content (AvgIpc) is 2.17. The molecule has 0 aromatic heterocycles. The van der Waals surface area contributed by atoms with Gasteiger partial charge in [0.05, 0.1) is 6.10 Å². The maximum atomic E-state index is 11.0. The monoisotopic (exact) mass is 250 g/mol. The van der Waals surface area contributed by atoms with Crippen molar-refractivity contribution < 1.29 is 18.9 Å². The SMILES string of the molecule is CC1C(C)C(C)C(OP(=O)(O)O)C(C)C1C. The Labute approximate surface area is 97.6 Å². The molecule has 0 saturated heterocycles. The molecule has 2 N–H and O–H groups in total. The van der Waals surface area contributed by atoms with Crippen molar-refractivity contribution in [1.82, 2.24) is 0 Å². The second kappa shape index (κ2) is 4.77. The summed E-state index contributed by atoms with van der Waals surface area (Å²) in [5.74, 6) is 1.75. The van der Waals surface area contributed by atoms with Gasteiger partial charge in [-0.25, -0.2) is 4.57 Å². The molecule has 0 bridgehead atoms. The van der Waals surface area contributed by atoms with E-state index < -0.39 is 7.82 Å². The lowest BCUT2D eigenvalue weighted by Gasteiger charge is -2.46. The molecule has 0 amide bonds. The summed E-state index contributed by atoms with van der Waals surface area (Å²) >= 11 is 0. The van der Waals surface area contributed by atoms with E-state index in [2.05, 4.69) is 20.8 Å². The zero-order valence-electron chi connectivity index (χ0n) is 10.6. The molecule has 4 unspecified atom stereocenters. The molecule has 0 radical (unpaired) electrons. The minimum Gasteiger partial charge on any atom is -0.303 e. The van der Waals surface area contributed by atoms with Crippen molar-refractivity contribution in [3.8, 4) is 0 Å². The molecule has 0 aliphatic heterocycles. The molecule has 0 aromatic rings. The lowest BCUT2D eigenvalue weighted by atomic mass is 9.63. The first kappa shape index (κ1) is 14.2. The van der Waals surface area contributed by atoms with Crippen LogP contribution in [-0.4, -0.2) is 15.9 Å². The van der Waals surface area contributed by atoms with E-state index in [4.69, 9.17) is 14.3 Å². The van der Waals surface area contributed by atoms with Crippen molar-refractivity contribution in [2.24, 2.45) is 29.6 Å². The van der Waals surface area contributed by atoms with Crippen LogP contribution >= 0.6 is 7.82 Å². The van der Waals surface area contributed by atoms with Gasteiger partial charge in [0.25, 0.3) is 0 Å². The third-order valence-corrected chi connectivity index (χ3v) is 5.13. The largest absolute Gasteiger partial charge is 0.469 e. The molecule has 1 fully saturated rings. The van der Waals surface area contributed by atoms with Crippen molar-refractivity contribution in [3.05, 3.63) is 0 Å². The lowest BCUT2D eigenvalue weighted by Crippen LogP contribution is -2.45. The number of rotatable bonds is 2. The molecule has 16 heavy (non-hydrogen) atoms. The fourth-order valence-corrected chi connectivity index (χ4v) is 3.57. The number of phosphoric ester groups is 1. The Morgan fingerprint density at radius 3 is 1.44 bits per heavy atom. The van der Waals surface area contributed by atoms with Crippen LogP contribution in [0.25, 0.3) is 0 Å². The van der Waals surface area contributed by atoms with Gasteiger partial charge in [-0.2, -0.15) is 0 Å². The van der Waals surface area contributed by atoms with Crippen LogP contribution in [0.3, 0.4) is 0 Å². The quantitative estimate of drug-likeness (QED) is 0.739. The molecular formula is C11H23O4P. The van der Waals surface area contributed by atoms with Gasteiger partial charge in [-0.1, -0.05) is 34.6 Å². The van der Waals surface area contributed by atoms with Crippen molar-refractivity contribution in [3.63, 3.8) is 0 Å². The van der Waals surface area contributed by atoms with Crippen molar-refractivity contribution >= 4 is 7.82 Å². The standard InChI is InChI=1S/C11H23O4P/c1-6-7(2)9(4)11(10(5)8(6)3)15-16(12,13)14/h6-11H,1-5H3,(H2,12,13,14). The van der Waals surface area contributed by atoms with Crippen LogP contribution < -0.4 is 0 Å². The van der Waals surface area contributed by atoms with Gasteiger partial charge >= 0.3 is 7.82 Å². The van der Waals surface area contributed by atoms with Crippen molar-refractivity contribution in [2.75, 3.05) is 0 Å². The van der Waals surface area contributed by atoms with Gasteiger partial charge in [0.2, 0.25) is 0 Å². The van der Waals surface area contributed by atoms with Crippen LogP contribution in [0.15, 0.2) is 0 Å². The molecular weight excluding hydrogens is 227 g/mol. The summed E-state index contributed by atoms with van der Waals surface area (Å²) in [5, 5.41) is 0. The van der Waals surface area contributed by atoms with Gasteiger partial charge in [0, 0.05) is 0 Å². The molecule has 4 atom stereocenters. The van der Waals surface area contributed by atoms with Gasteiger partial charge < -0.3 is 9.79 Å². The highest BCUT2D eigenvalue weighted by molar-refractivity contribution is 7.46. The lowest BCUT2D eigenvalue weighted by molar-refractivity contribution is -0.0487. The van der Waals surface area contributed by atoms with Gasteiger partial charge in [-0.05, 0) is 29.6 Å². The first-order valence-electron chi connectivity index (χ1n) is 5.89. The Kier molecular flexibility index (Phi) is 4.23. The Balaban J connectivity index is 2.87. The topological polar surface area (TPSA) is 66.8 Å². The van der Waals surface area contributed by atoms with E-state index in [1.165, 1.54) is 0 Å². The smallest absolute Gasteiger partial charge is 0.303 e. The van der Waals surface area contributed by atoms with Crippen LogP contribution in [0.4, 0.5) is 0 Å². The summed E-state index contributed by atoms with van der Waals surface area (Å²) in [5.41, 5.74) is 0. The van der Waals surface area contributed by atoms with E-state index in [1.54, 1.807) is 0 Å². The average molecular weight is 250 g/mol. The van der Waals surface area contributed by atoms with Crippen LogP contribution in [0, 0.1) is 29.6 Å². The summed E-state index contributed by atoms with van der Waals surface area (Å²) in [6.45, 7) is 10.5. The molecule has 0 heterocycles. The second-order valence-corrected chi connectivity index (χ2v) is 6.55. The summed E-state index contributed by atoms with van der Waals surface area (Å²) in [6, 6.07) is 0. The molecule has 1 saturated carbocycles. The summed E-state index contributed by atoms with van der Waals surface area (Å²) in [4.78, 5) is 17.9. The van der Waals surface area contributed by atoms with Crippen LogP contribution in [0.2, 0.25) is 0 Å². The fraction of sp³-hybridized carbons (Fsp3) is 1.00. The van der Waals surface area contributed by atoms with Crippen LogP contribution in [0.5, 0.6) is 0 Å². The summed E-state index contributed by atoms with van der Waals surface area (Å²) < 4.78 is 15.9. The Hall–Kier alpha value is 0.110. The first-order valence-corrected chi connectivity index (χ1v) is 7.42. The van der Waals surface area contributed by atoms with Crippen LogP contribution in [0.1, 0.15) is 34.6 Å². The fourth-order valence-electron chi connectivity index (χ4n) is 2.86. The van der Waals surface area contributed by atoms with Crippen molar-refractivity contribution in [1.29, 1.82) is 0 Å². The third-order valence-electron chi connectivity index (χ3n) is 4.61. The van der Waals surface area contributed by atoms with E-state index in [9.17, 15) is 4.57 Å². The first-order chi connectivity index (χ1) is 7.15. The number of hydrogen-bond donors (Lipinski definition) is 2. The Bertz CT molecular complexity index is 272. The number of phosphoric acid groups is 1. The number of hydrogen-bond acceptors (Lipinski definition) is 2. The molecule has 1 rings (SSSR count). The molecule has 0 spiro atoms. The predicted molar refractivity (Wildman–Crippen MR) is 62.7 cm³/mol. The van der Waals surface area contributed by atoms with E-state index in [-0.39, 0.29) is 17.9 Å². The second-order valence-electron chi connectivity index (χ2n) is 5.36.